The van der Waals surface area contributed by atoms with Gasteiger partial charge in [0.05, 0.1) is 12.1 Å². The lowest BCUT2D eigenvalue weighted by molar-refractivity contribution is -0.129. The Balaban J connectivity index is 2.34. The van der Waals surface area contributed by atoms with Crippen molar-refractivity contribution < 1.29 is 9.53 Å². The van der Waals surface area contributed by atoms with Crippen LogP contribution in [0.5, 0.6) is 0 Å². The molecule has 2 N–H and O–H groups in total. The zero-order chi connectivity index (χ0) is 12.0. The van der Waals surface area contributed by atoms with Crippen LogP contribution >= 0.6 is 11.3 Å². The number of aromatic nitrogens is 1. The van der Waals surface area contributed by atoms with Crippen molar-refractivity contribution in [3.05, 3.63) is 11.1 Å². The molecular weight excluding hydrogens is 226 g/mol. The van der Waals surface area contributed by atoms with Crippen LogP contribution in [0.4, 0.5) is 5.13 Å². The highest BCUT2D eigenvalue weighted by Crippen LogP contribution is 2.12. The molecule has 0 bridgehead atoms. The van der Waals surface area contributed by atoms with Gasteiger partial charge in [-0.25, -0.2) is 4.98 Å². The molecule has 0 fully saturated rings. The van der Waals surface area contributed by atoms with Gasteiger partial charge in [-0.3, -0.25) is 4.79 Å². The molecular formula is C10H17N3O2S. The number of nitrogens with two attached hydrogens (primary N) is 1. The van der Waals surface area contributed by atoms with E-state index < -0.39 is 0 Å². The maximum atomic E-state index is 11.7. The minimum absolute atomic E-state index is 0.0569. The molecule has 0 aromatic carbocycles. The number of thiazole rings is 1. The third-order valence-corrected chi connectivity index (χ3v) is 2.89. The van der Waals surface area contributed by atoms with Gasteiger partial charge in [0.2, 0.25) is 5.91 Å². The maximum absolute atomic E-state index is 11.7. The molecule has 0 aliphatic carbocycles. The SMILES string of the molecule is COCCCN(C)C(=O)Cc1csc(N)n1. The average molecular weight is 243 g/mol. The van der Waals surface area contributed by atoms with Crippen molar-refractivity contribution in [2.45, 2.75) is 12.8 Å². The van der Waals surface area contributed by atoms with Crippen LogP contribution in [0, 0.1) is 0 Å². The number of likely N-dealkylation sites (N-methyl/N-ethyl adjacent to an activating group) is 1. The van der Waals surface area contributed by atoms with E-state index in [0.717, 1.165) is 12.1 Å². The molecule has 0 spiro atoms. The summed E-state index contributed by atoms with van der Waals surface area (Å²) >= 11 is 1.36. The van der Waals surface area contributed by atoms with Gasteiger partial charge in [-0.05, 0) is 6.42 Å². The number of nitrogen functional groups attached to an aromatic ring is 1. The van der Waals surface area contributed by atoms with Crippen LogP contribution in [0.15, 0.2) is 5.38 Å². The van der Waals surface area contributed by atoms with Crippen molar-refractivity contribution >= 4 is 22.4 Å². The normalized spacial score (nSPS) is 10.4. The monoisotopic (exact) mass is 243 g/mol. The average Bonchev–Trinajstić information content (AvgIpc) is 2.64. The van der Waals surface area contributed by atoms with Crippen LogP contribution in [0.1, 0.15) is 12.1 Å². The summed E-state index contributed by atoms with van der Waals surface area (Å²) in [5.74, 6) is 0.0569. The summed E-state index contributed by atoms with van der Waals surface area (Å²) in [5.41, 5.74) is 6.24. The number of anilines is 1. The van der Waals surface area contributed by atoms with Gasteiger partial charge in [-0.2, -0.15) is 0 Å². The minimum atomic E-state index is 0.0569. The second-order valence-corrected chi connectivity index (χ2v) is 4.41. The zero-order valence-corrected chi connectivity index (χ0v) is 10.4. The molecule has 1 aromatic rings. The van der Waals surface area contributed by atoms with Crippen molar-refractivity contribution in [1.82, 2.24) is 9.88 Å². The van der Waals surface area contributed by atoms with Crippen LogP contribution in [0.25, 0.3) is 0 Å². The van der Waals surface area contributed by atoms with E-state index in [1.165, 1.54) is 11.3 Å². The second kappa shape index (κ2) is 6.44. The first-order valence-electron chi connectivity index (χ1n) is 5.06. The van der Waals surface area contributed by atoms with Gasteiger partial charge in [0.25, 0.3) is 0 Å². The van der Waals surface area contributed by atoms with E-state index in [-0.39, 0.29) is 5.91 Å². The molecule has 6 heteroatoms. The molecule has 0 radical (unpaired) electrons. The van der Waals surface area contributed by atoms with E-state index >= 15 is 0 Å². The molecule has 0 aliphatic heterocycles. The van der Waals surface area contributed by atoms with Crippen LogP contribution in [-0.2, 0) is 16.0 Å². The fourth-order valence-corrected chi connectivity index (χ4v) is 1.83. The lowest BCUT2D eigenvalue weighted by Gasteiger charge is -2.16. The number of carbonyl (C=O) groups excluding carboxylic acids is 1. The number of methoxy groups -OCH3 is 1. The van der Waals surface area contributed by atoms with Crippen LogP contribution < -0.4 is 5.73 Å². The lowest BCUT2D eigenvalue weighted by atomic mass is 10.3. The summed E-state index contributed by atoms with van der Waals surface area (Å²) in [7, 11) is 3.44. The Morgan fingerprint density at radius 3 is 3.00 bits per heavy atom. The molecule has 1 heterocycles. The predicted molar refractivity (Wildman–Crippen MR) is 64.4 cm³/mol. The van der Waals surface area contributed by atoms with E-state index in [0.29, 0.717) is 24.7 Å². The molecule has 0 aliphatic rings. The summed E-state index contributed by atoms with van der Waals surface area (Å²) in [4.78, 5) is 17.5. The van der Waals surface area contributed by atoms with Crippen molar-refractivity contribution in [3.63, 3.8) is 0 Å². The Bertz CT molecular complexity index is 341. The van der Waals surface area contributed by atoms with Gasteiger partial charge in [0.15, 0.2) is 5.13 Å². The van der Waals surface area contributed by atoms with Crippen molar-refractivity contribution in [2.24, 2.45) is 0 Å². The van der Waals surface area contributed by atoms with Gasteiger partial charge in [0, 0.05) is 32.7 Å². The maximum Gasteiger partial charge on any atom is 0.228 e. The van der Waals surface area contributed by atoms with Crippen LogP contribution in [0.2, 0.25) is 0 Å². The smallest absolute Gasteiger partial charge is 0.228 e. The predicted octanol–water partition coefficient (Wildman–Crippen LogP) is 0.763. The Kier molecular flexibility index (Phi) is 5.21. The molecule has 0 saturated heterocycles. The van der Waals surface area contributed by atoms with E-state index in [1.807, 2.05) is 5.38 Å². The van der Waals surface area contributed by atoms with E-state index in [9.17, 15) is 4.79 Å². The highest BCUT2D eigenvalue weighted by atomic mass is 32.1. The van der Waals surface area contributed by atoms with Gasteiger partial charge < -0.3 is 15.4 Å². The number of ether oxygens (including phenoxy) is 1. The van der Waals surface area contributed by atoms with Gasteiger partial charge >= 0.3 is 0 Å². The Labute approximate surface area is 99.2 Å². The van der Waals surface area contributed by atoms with Crippen molar-refractivity contribution in [1.29, 1.82) is 0 Å². The van der Waals surface area contributed by atoms with E-state index in [2.05, 4.69) is 4.98 Å². The lowest BCUT2D eigenvalue weighted by Crippen LogP contribution is -2.29. The number of hydrogen-bond acceptors (Lipinski definition) is 5. The molecule has 16 heavy (non-hydrogen) atoms. The summed E-state index contributed by atoms with van der Waals surface area (Å²) in [5, 5.41) is 2.32. The summed E-state index contributed by atoms with van der Waals surface area (Å²) < 4.78 is 4.93. The number of hydrogen-bond donors (Lipinski definition) is 1. The van der Waals surface area contributed by atoms with Crippen molar-refractivity contribution in [3.8, 4) is 0 Å². The van der Waals surface area contributed by atoms with Crippen molar-refractivity contribution in [2.75, 3.05) is 33.0 Å². The Morgan fingerprint density at radius 2 is 2.44 bits per heavy atom. The fourth-order valence-electron chi connectivity index (χ4n) is 1.26. The standard InChI is InChI=1S/C10H17N3O2S/c1-13(4-3-5-15-2)9(14)6-8-7-16-10(11)12-8/h7H,3-6H2,1-2H3,(H2,11,12). The van der Waals surface area contributed by atoms with Gasteiger partial charge in [-0.1, -0.05) is 0 Å². The number of nitrogens with zero attached hydrogens (tertiary/aromatic N) is 2. The number of carbonyl (C=O) groups is 1. The first kappa shape index (κ1) is 12.9. The molecule has 1 rings (SSSR count). The first-order valence-corrected chi connectivity index (χ1v) is 5.94. The highest BCUT2D eigenvalue weighted by Gasteiger charge is 2.11. The topological polar surface area (TPSA) is 68.5 Å². The van der Waals surface area contributed by atoms with Crippen LogP contribution in [0.3, 0.4) is 0 Å². The third-order valence-electron chi connectivity index (χ3n) is 2.17. The van der Waals surface area contributed by atoms with E-state index in [1.54, 1.807) is 19.1 Å². The molecule has 1 aromatic heterocycles. The molecule has 90 valence electrons. The summed E-state index contributed by atoms with van der Waals surface area (Å²) in [6, 6.07) is 0. The Morgan fingerprint density at radius 1 is 1.69 bits per heavy atom. The zero-order valence-electron chi connectivity index (χ0n) is 9.60. The van der Waals surface area contributed by atoms with Gasteiger partial charge in [-0.15, -0.1) is 11.3 Å². The number of rotatable bonds is 6. The summed E-state index contributed by atoms with van der Waals surface area (Å²) in [6.45, 7) is 1.37. The second-order valence-electron chi connectivity index (χ2n) is 3.52. The third kappa shape index (κ3) is 4.16. The molecule has 0 saturated carbocycles. The minimum Gasteiger partial charge on any atom is -0.385 e. The highest BCUT2D eigenvalue weighted by molar-refractivity contribution is 7.13. The Hall–Kier alpha value is -1.14. The first-order chi connectivity index (χ1) is 7.63. The van der Waals surface area contributed by atoms with Crippen LogP contribution in [-0.4, -0.2) is 43.1 Å². The molecule has 0 unspecified atom stereocenters. The molecule has 5 nitrogen and oxygen atoms in total. The van der Waals surface area contributed by atoms with E-state index in [4.69, 9.17) is 10.5 Å². The largest absolute Gasteiger partial charge is 0.385 e. The summed E-state index contributed by atoms with van der Waals surface area (Å²) in [6.07, 6.45) is 1.16. The molecule has 0 atom stereocenters. The number of amides is 1. The quantitative estimate of drug-likeness (QED) is 0.749. The fraction of sp³-hybridized carbons (Fsp3) is 0.600. The van der Waals surface area contributed by atoms with Gasteiger partial charge in [0.1, 0.15) is 0 Å². The molecule has 1 amide bonds.